The molecular formula is C34H19N5S. The van der Waals surface area contributed by atoms with Crippen molar-refractivity contribution in [1.29, 1.82) is 0 Å². The third-order valence-electron chi connectivity index (χ3n) is 7.72. The molecule has 9 aromatic rings. The molecule has 0 bridgehead atoms. The third kappa shape index (κ3) is 2.91. The lowest BCUT2D eigenvalue weighted by Gasteiger charge is -2.13. The van der Waals surface area contributed by atoms with E-state index in [2.05, 4.69) is 76.3 Å². The SMILES string of the molecule is c1ccc(-c2nc(-n3c4cccnc4c4c5ccncc5c5c6ccccc6sc5c43)c3ccccc3n2)cc1. The zero-order chi connectivity index (χ0) is 26.2. The average Bonchev–Trinajstić information content (AvgIpc) is 3.58. The fraction of sp³-hybridized carbons (Fsp3) is 0. The summed E-state index contributed by atoms with van der Waals surface area (Å²) < 4.78 is 4.77. The first-order chi connectivity index (χ1) is 19.9. The summed E-state index contributed by atoms with van der Waals surface area (Å²) >= 11 is 1.82. The molecule has 0 aliphatic carbocycles. The summed E-state index contributed by atoms with van der Waals surface area (Å²) in [6.07, 6.45) is 5.75. The summed E-state index contributed by atoms with van der Waals surface area (Å²) in [5.41, 5.74) is 4.98. The van der Waals surface area contributed by atoms with Gasteiger partial charge in [-0.25, -0.2) is 9.97 Å². The van der Waals surface area contributed by atoms with Crippen molar-refractivity contribution < 1.29 is 0 Å². The van der Waals surface area contributed by atoms with E-state index in [-0.39, 0.29) is 0 Å². The van der Waals surface area contributed by atoms with Gasteiger partial charge in [0.1, 0.15) is 5.82 Å². The fourth-order valence-corrected chi connectivity index (χ4v) is 7.30. The predicted octanol–water partition coefficient (Wildman–Crippen LogP) is 8.71. The van der Waals surface area contributed by atoms with E-state index in [9.17, 15) is 0 Å². The van der Waals surface area contributed by atoms with Gasteiger partial charge in [-0.2, -0.15) is 0 Å². The molecule has 0 unspecified atom stereocenters. The highest BCUT2D eigenvalue weighted by Gasteiger charge is 2.24. The summed E-state index contributed by atoms with van der Waals surface area (Å²) in [5.74, 6) is 1.55. The Hall–Kier alpha value is -5.20. The van der Waals surface area contributed by atoms with Crippen molar-refractivity contribution in [2.75, 3.05) is 0 Å². The molecule has 9 rings (SSSR count). The van der Waals surface area contributed by atoms with Crippen LogP contribution >= 0.6 is 11.3 Å². The van der Waals surface area contributed by atoms with E-state index in [4.69, 9.17) is 15.0 Å². The number of pyridine rings is 2. The van der Waals surface area contributed by atoms with Crippen LogP contribution < -0.4 is 0 Å². The third-order valence-corrected chi connectivity index (χ3v) is 8.90. The second-order valence-electron chi connectivity index (χ2n) is 9.91. The number of para-hydroxylation sites is 1. The van der Waals surface area contributed by atoms with E-state index in [0.29, 0.717) is 5.82 Å². The first-order valence-corrected chi connectivity index (χ1v) is 14.0. The Balaban J connectivity index is 1.57. The van der Waals surface area contributed by atoms with Crippen LogP contribution in [-0.4, -0.2) is 24.5 Å². The molecule has 0 N–H and O–H groups in total. The quantitative estimate of drug-likeness (QED) is 0.225. The van der Waals surface area contributed by atoms with Gasteiger partial charge in [0.2, 0.25) is 0 Å². The second kappa shape index (κ2) is 8.15. The Kier molecular flexibility index (Phi) is 4.42. The van der Waals surface area contributed by atoms with E-state index >= 15 is 0 Å². The van der Waals surface area contributed by atoms with Crippen LogP contribution in [0.3, 0.4) is 0 Å². The van der Waals surface area contributed by atoms with Gasteiger partial charge in [-0.1, -0.05) is 60.7 Å². The lowest BCUT2D eigenvalue weighted by atomic mass is 10.0. The van der Waals surface area contributed by atoms with E-state index in [0.717, 1.165) is 55.0 Å². The Bertz CT molecular complexity index is 2440. The molecule has 4 aromatic carbocycles. The molecule has 6 heteroatoms. The molecule has 5 aromatic heterocycles. The zero-order valence-electron chi connectivity index (χ0n) is 21.1. The Labute approximate surface area is 232 Å². The normalized spacial score (nSPS) is 12.0. The average molecular weight is 530 g/mol. The maximum absolute atomic E-state index is 5.27. The number of rotatable bonds is 2. The van der Waals surface area contributed by atoms with Gasteiger partial charge in [0.05, 0.1) is 26.8 Å². The van der Waals surface area contributed by atoms with Crippen molar-refractivity contribution in [3.8, 4) is 17.2 Å². The van der Waals surface area contributed by atoms with Crippen molar-refractivity contribution in [2.24, 2.45) is 0 Å². The molecule has 186 valence electrons. The molecule has 0 saturated heterocycles. The molecule has 0 aliphatic heterocycles. The molecule has 0 fully saturated rings. The number of benzene rings is 4. The number of nitrogens with zero attached hydrogens (tertiary/aromatic N) is 5. The monoisotopic (exact) mass is 529 g/mol. The topological polar surface area (TPSA) is 56.5 Å². The van der Waals surface area contributed by atoms with Crippen LogP contribution in [0.5, 0.6) is 0 Å². The molecule has 0 spiro atoms. The van der Waals surface area contributed by atoms with Crippen molar-refractivity contribution in [3.05, 3.63) is 116 Å². The summed E-state index contributed by atoms with van der Waals surface area (Å²) in [5, 5.41) is 6.87. The van der Waals surface area contributed by atoms with Crippen LogP contribution in [0.15, 0.2) is 116 Å². The molecule has 0 amide bonds. The number of hydrogen-bond acceptors (Lipinski definition) is 5. The van der Waals surface area contributed by atoms with E-state index < -0.39 is 0 Å². The minimum absolute atomic E-state index is 0.700. The Morgan fingerprint density at radius 2 is 1.45 bits per heavy atom. The van der Waals surface area contributed by atoms with Crippen LogP contribution in [0.2, 0.25) is 0 Å². The molecule has 0 saturated carbocycles. The van der Waals surface area contributed by atoms with Gasteiger partial charge in [-0.05, 0) is 41.8 Å². The maximum Gasteiger partial charge on any atom is 0.162 e. The minimum atomic E-state index is 0.700. The van der Waals surface area contributed by atoms with Gasteiger partial charge in [-0.3, -0.25) is 14.5 Å². The highest BCUT2D eigenvalue weighted by Crippen LogP contribution is 2.47. The summed E-state index contributed by atoms with van der Waals surface area (Å²) in [6, 6.07) is 33.4. The van der Waals surface area contributed by atoms with Gasteiger partial charge in [0.25, 0.3) is 0 Å². The molecule has 5 nitrogen and oxygen atoms in total. The molecule has 40 heavy (non-hydrogen) atoms. The first-order valence-electron chi connectivity index (χ1n) is 13.2. The van der Waals surface area contributed by atoms with Crippen LogP contribution in [0.1, 0.15) is 0 Å². The Morgan fingerprint density at radius 3 is 2.38 bits per heavy atom. The number of fused-ring (bicyclic) bond motifs is 11. The van der Waals surface area contributed by atoms with Gasteiger partial charge >= 0.3 is 0 Å². The summed E-state index contributed by atoms with van der Waals surface area (Å²) in [6.45, 7) is 0. The van der Waals surface area contributed by atoms with Gasteiger partial charge in [-0.15, -0.1) is 11.3 Å². The maximum atomic E-state index is 5.27. The van der Waals surface area contributed by atoms with Gasteiger partial charge in [0.15, 0.2) is 5.82 Å². The lowest BCUT2D eigenvalue weighted by molar-refractivity contribution is 1.08. The van der Waals surface area contributed by atoms with E-state index in [1.807, 2.05) is 60.3 Å². The number of thiophene rings is 1. The van der Waals surface area contributed by atoms with E-state index in [1.54, 1.807) is 0 Å². The Morgan fingerprint density at radius 1 is 0.625 bits per heavy atom. The minimum Gasteiger partial charge on any atom is -0.290 e. The number of aromatic nitrogens is 5. The van der Waals surface area contributed by atoms with Crippen LogP contribution in [-0.2, 0) is 0 Å². The lowest BCUT2D eigenvalue weighted by Crippen LogP contribution is -2.02. The molecule has 0 atom stereocenters. The highest BCUT2D eigenvalue weighted by atomic mass is 32.1. The summed E-state index contributed by atoms with van der Waals surface area (Å²) in [7, 11) is 0. The van der Waals surface area contributed by atoms with Crippen LogP contribution in [0, 0.1) is 0 Å². The fourth-order valence-electron chi connectivity index (χ4n) is 6.04. The highest BCUT2D eigenvalue weighted by molar-refractivity contribution is 7.27. The number of hydrogen-bond donors (Lipinski definition) is 0. The van der Waals surface area contributed by atoms with Crippen molar-refractivity contribution >= 4 is 75.1 Å². The first kappa shape index (κ1) is 21.7. The van der Waals surface area contributed by atoms with Crippen LogP contribution in [0.4, 0.5) is 0 Å². The second-order valence-corrected chi connectivity index (χ2v) is 11.0. The smallest absolute Gasteiger partial charge is 0.162 e. The summed E-state index contributed by atoms with van der Waals surface area (Å²) in [4.78, 5) is 19.7. The van der Waals surface area contributed by atoms with Gasteiger partial charge in [0, 0.05) is 55.8 Å². The molecular weight excluding hydrogens is 510 g/mol. The molecule has 5 heterocycles. The predicted molar refractivity (Wildman–Crippen MR) is 165 cm³/mol. The van der Waals surface area contributed by atoms with Gasteiger partial charge < -0.3 is 0 Å². The van der Waals surface area contributed by atoms with Crippen molar-refractivity contribution in [1.82, 2.24) is 24.5 Å². The largest absolute Gasteiger partial charge is 0.290 e. The van der Waals surface area contributed by atoms with Crippen LogP contribution in [0.25, 0.3) is 81.0 Å². The molecule has 0 radical (unpaired) electrons. The van der Waals surface area contributed by atoms with E-state index in [1.165, 1.54) is 20.2 Å². The van der Waals surface area contributed by atoms with Crippen molar-refractivity contribution in [3.63, 3.8) is 0 Å². The standard InChI is InChI=1S/C34H19N5S/c1-2-9-20(10-3-1)33-37-25-13-6-4-11-22(25)34(38-33)39-26-14-8-17-36-30(26)29-21-16-18-35-19-24(21)28-23-12-5-7-15-27(23)40-32(28)31(29)39/h1-19H. The zero-order valence-corrected chi connectivity index (χ0v) is 21.9. The van der Waals surface area contributed by atoms with Crippen molar-refractivity contribution in [2.45, 2.75) is 0 Å². The molecule has 0 aliphatic rings.